The predicted molar refractivity (Wildman–Crippen MR) is 126 cm³/mol. The first-order valence-corrected chi connectivity index (χ1v) is 10.2. The summed E-state index contributed by atoms with van der Waals surface area (Å²) in [6.07, 6.45) is 3.55. The lowest BCUT2D eigenvalue weighted by atomic mass is 9.99. The van der Waals surface area contributed by atoms with Crippen LogP contribution < -0.4 is 11.1 Å². The lowest BCUT2D eigenvalue weighted by Gasteiger charge is -2.12. The Labute approximate surface area is 181 Å². The van der Waals surface area contributed by atoms with Gasteiger partial charge in [-0.15, -0.1) is 0 Å². The number of hydrogen-bond acceptors (Lipinski definition) is 5. The highest BCUT2D eigenvalue weighted by Gasteiger charge is 2.11. The Morgan fingerprint density at radius 3 is 2.58 bits per heavy atom. The first-order valence-electron chi connectivity index (χ1n) is 10.2. The van der Waals surface area contributed by atoms with Gasteiger partial charge in [0.25, 0.3) is 5.91 Å². The summed E-state index contributed by atoms with van der Waals surface area (Å²) in [6, 6.07) is 19.6. The number of carbonyl (C=O) groups excluding carboxylic acids is 1. The molecule has 0 spiro atoms. The summed E-state index contributed by atoms with van der Waals surface area (Å²) in [5.74, 6) is 0.351. The minimum Gasteiger partial charge on any atom is -0.383 e. The van der Waals surface area contributed by atoms with E-state index in [1.807, 2.05) is 79.8 Å². The first-order chi connectivity index (χ1) is 15.0. The number of carbonyl (C=O) groups is 1. The molecule has 0 saturated carbocycles. The fraction of sp³-hybridized carbons (Fsp3) is 0.160. The SMILES string of the molecule is CN(C)CCNC(=O)c1cccc(-c2cnc(N)c(-c3cnc4ccccc4c3)c2)c1. The molecule has 2 aromatic heterocycles. The van der Waals surface area contributed by atoms with Gasteiger partial charge in [-0.3, -0.25) is 9.78 Å². The van der Waals surface area contributed by atoms with Gasteiger partial charge in [0.2, 0.25) is 0 Å². The lowest BCUT2D eigenvalue weighted by Crippen LogP contribution is -2.31. The van der Waals surface area contributed by atoms with Crippen molar-refractivity contribution in [2.45, 2.75) is 0 Å². The predicted octanol–water partition coefficient (Wildman–Crippen LogP) is 3.84. The van der Waals surface area contributed by atoms with Crippen LogP contribution in [-0.2, 0) is 0 Å². The van der Waals surface area contributed by atoms with Crippen molar-refractivity contribution in [1.82, 2.24) is 20.2 Å². The van der Waals surface area contributed by atoms with Gasteiger partial charge >= 0.3 is 0 Å². The van der Waals surface area contributed by atoms with E-state index in [-0.39, 0.29) is 5.91 Å². The van der Waals surface area contributed by atoms with Crippen molar-refractivity contribution < 1.29 is 4.79 Å². The highest BCUT2D eigenvalue weighted by atomic mass is 16.1. The molecule has 2 aromatic carbocycles. The van der Waals surface area contributed by atoms with Crippen LogP contribution in [0.2, 0.25) is 0 Å². The molecule has 6 nitrogen and oxygen atoms in total. The second-order valence-corrected chi connectivity index (χ2v) is 7.71. The number of nitrogen functional groups attached to an aromatic ring is 1. The topological polar surface area (TPSA) is 84.1 Å². The molecule has 0 fully saturated rings. The van der Waals surface area contributed by atoms with Gasteiger partial charge < -0.3 is 16.0 Å². The van der Waals surface area contributed by atoms with Crippen molar-refractivity contribution in [3.05, 3.63) is 78.6 Å². The van der Waals surface area contributed by atoms with Crippen LogP contribution >= 0.6 is 0 Å². The molecule has 0 aliphatic rings. The molecule has 0 saturated heterocycles. The number of nitrogens with one attached hydrogen (secondary N) is 1. The summed E-state index contributed by atoms with van der Waals surface area (Å²) in [5, 5.41) is 3.99. The molecule has 0 atom stereocenters. The number of nitrogens with two attached hydrogens (primary N) is 1. The molecule has 1 amide bonds. The Bertz CT molecular complexity index is 1240. The number of rotatable bonds is 6. The largest absolute Gasteiger partial charge is 0.383 e. The maximum absolute atomic E-state index is 12.5. The highest BCUT2D eigenvalue weighted by molar-refractivity contribution is 5.95. The van der Waals surface area contributed by atoms with Gasteiger partial charge in [-0.1, -0.05) is 30.3 Å². The number of fused-ring (bicyclic) bond motifs is 1. The zero-order valence-corrected chi connectivity index (χ0v) is 17.7. The van der Waals surface area contributed by atoms with Crippen LogP contribution in [0.1, 0.15) is 10.4 Å². The van der Waals surface area contributed by atoms with E-state index in [0.29, 0.717) is 17.9 Å². The van der Waals surface area contributed by atoms with Gasteiger partial charge in [-0.05, 0) is 50.0 Å². The maximum atomic E-state index is 12.5. The molecule has 156 valence electrons. The van der Waals surface area contributed by atoms with Crippen LogP contribution in [-0.4, -0.2) is 48.0 Å². The van der Waals surface area contributed by atoms with E-state index in [9.17, 15) is 4.79 Å². The van der Waals surface area contributed by atoms with Crippen LogP contribution in [0.25, 0.3) is 33.2 Å². The fourth-order valence-electron chi connectivity index (χ4n) is 3.42. The molecule has 6 heteroatoms. The minimum absolute atomic E-state index is 0.0916. The Morgan fingerprint density at radius 1 is 0.935 bits per heavy atom. The quantitative estimate of drug-likeness (QED) is 0.504. The smallest absolute Gasteiger partial charge is 0.251 e. The average Bonchev–Trinajstić information content (AvgIpc) is 2.79. The van der Waals surface area contributed by atoms with E-state index < -0.39 is 0 Å². The number of nitrogens with zero attached hydrogens (tertiary/aromatic N) is 3. The zero-order valence-electron chi connectivity index (χ0n) is 17.7. The number of hydrogen-bond donors (Lipinski definition) is 2. The third kappa shape index (κ3) is 4.70. The Balaban J connectivity index is 1.64. The van der Waals surface area contributed by atoms with Crippen molar-refractivity contribution >= 4 is 22.6 Å². The van der Waals surface area contributed by atoms with Gasteiger partial charge in [0.1, 0.15) is 5.82 Å². The van der Waals surface area contributed by atoms with Crippen molar-refractivity contribution in [1.29, 1.82) is 0 Å². The summed E-state index contributed by atoms with van der Waals surface area (Å²) in [5.41, 5.74) is 11.3. The maximum Gasteiger partial charge on any atom is 0.251 e. The normalized spacial score (nSPS) is 11.1. The summed E-state index contributed by atoms with van der Waals surface area (Å²) >= 11 is 0. The Hall–Kier alpha value is -3.77. The minimum atomic E-state index is -0.0916. The van der Waals surface area contributed by atoms with Gasteiger partial charge in [-0.25, -0.2) is 4.98 Å². The first kappa shape index (κ1) is 20.5. The molecule has 0 radical (unpaired) electrons. The number of amides is 1. The summed E-state index contributed by atoms with van der Waals surface area (Å²) in [6.45, 7) is 1.38. The van der Waals surface area contributed by atoms with Crippen LogP contribution in [0.5, 0.6) is 0 Å². The van der Waals surface area contributed by atoms with E-state index >= 15 is 0 Å². The summed E-state index contributed by atoms with van der Waals surface area (Å²) in [4.78, 5) is 23.5. The third-order valence-electron chi connectivity index (χ3n) is 5.12. The number of pyridine rings is 2. The van der Waals surface area contributed by atoms with E-state index in [1.54, 1.807) is 6.20 Å². The van der Waals surface area contributed by atoms with Crippen LogP contribution in [0.3, 0.4) is 0 Å². The van der Waals surface area contributed by atoms with Crippen molar-refractivity contribution in [3.63, 3.8) is 0 Å². The number of aromatic nitrogens is 2. The second-order valence-electron chi connectivity index (χ2n) is 7.71. The number of anilines is 1. The van der Waals surface area contributed by atoms with Crippen LogP contribution in [0.4, 0.5) is 5.82 Å². The van der Waals surface area contributed by atoms with Gasteiger partial charge in [0, 0.05) is 53.1 Å². The van der Waals surface area contributed by atoms with E-state index in [4.69, 9.17) is 5.73 Å². The van der Waals surface area contributed by atoms with Crippen LogP contribution in [0.15, 0.2) is 73.1 Å². The monoisotopic (exact) mass is 411 g/mol. The zero-order chi connectivity index (χ0) is 21.8. The average molecular weight is 412 g/mol. The lowest BCUT2D eigenvalue weighted by molar-refractivity contribution is 0.0951. The van der Waals surface area contributed by atoms with Gasteiger partial charge in [0.05, 0.1) is 5.52 Å². The number of likely N-dealkylation sites (N-methyl/N-ethyl adjacent to an activating group) is 1. The molecule has 4 aromatic rings. The Kier molecular flexibility index (Phi) is 5.91. The molecule has 2 heterocycles. The molecule has 0 aliphatic carbocycles. The summed E-state index contributed by atoms with van der Waals surface area (Å²) < 4.78 is 0. The number of para-hydroxylation sites is 1. The van der Waals surface area contributed by atoms with E-state index in [0.717, 1.165) is 39.7 Å². The van der Waals surface area contributed by atoms with Crippen LogP contribution in [0, 0.1) is 0 Å². The van der Waals surface area contributed by atoms with Gasteiger partial charge in [-0.2, -0.15) is 0 Å². The molecule has 4 rings (SSSR count). The molecular formula is C25H25N5O. The third-order valence-corrected chi connectivity index (χ3v) is 5.12. The molecule has 0 aliphatic heterocycles. The van der Waals surface area contributed by atoms with E-state index in [1.165, 1.54) is 0 Å². The van der Waals surface area contributed by atoms with Crippen molar-refractivity contribution in [2.24, 2.45) is 0 Å². The second kappa shape index (κ2) is 8.93. The van der Waals surface area contributed by atoms with Crippen molar-refractivity contribution in [3.8, 4) is 22.3 Å². The molecule has 0 bridgehead atoms. The fourth-order valence-corrected chi connectivity index (χ4v) is 3.42. The highest BCUT2D eigenvalue weighted by Crippen LogP contribution is 2.31. The van der Waals surface area contributed by atoms with E-state index in [2.05, 4.69) is 21.4 Å². The number of benzene rings is 2. The Morgan fingerprint density at radius 2 is 1.74 bits per heavy atom. The molecular weight excluding hydrogens is 386 g/mol. The summed E-state index contributed by atoms with van der Waals surface area (Å²) in [7, 11) is 3.95. The molecule has 31 heavy (non-hydrogen) atoms. The molecule has 0 unspecified atom stereocenters. The van der Waals surface area contributed by atoms with Gasteiger partial charge in [0.15, 0.2) is 0 Å². The van der Waals surface area contributed by atoms with Crippen molar-refractivity contribution in [2.75, 3.05) is 32.9 Å². The molecule has 3 N–H and O–H groups in total. The standard InChI is InChI=1S/C25H25N5O/c1-30(2)11-10-27-25(31)19-8-5-7-17(12-19)20-14-22(24(26)29-15-20)21-13-18-6-3-4-9-23(18)28-16-21/h3-9,12-16H,10-11H2,1-2H3,(H2,26,29)(H,27,31).